The number of hydrogen-bond donors (Lipinski definition) is 2. The summed E-state index contributed by atoms with van der Waals surface area (Å²) < 4.78 is 30.7. The number of carbonyl (C=O) groups excluding carboxylic acids is 2. The minimum Gasteiger partial charge on any atom is -0.453 e. The van der Waals surface area contributed by atoms with Crippen molar-refractivity contribution in [2.45, 2.75) is 12.5 Å². The van der Waals surface area contributed by atoms with Crippen molar-refractivity contribution in [3.05, 3.63) is 29.3 Å². The first-order chi connectivity index (χ1) is 9.92. The van der Waals surface area contributed by atoms with Gasteiger partial charge in [-0.3, -0.25) is 4.79 Å². The Balaban J connectivity index is 2.08. The van der Waals surface area contributed by atoms with Gasteiger partial charge in [0.25, 0.3) is 5.91 Å². The minimum absolute atomic E-state index is 0.0902. The van der Waals surface area contributed by atoms with Gasteiger partial charge in [0.2, 0.25) is 0 Å². The van der Waals surface area contributed by atoms with E-state index in [1.807, 2.05) is 0 Å². The van der Waals surface area contributed by atoms with Crippen molar-refractivity contribution >= 4 is 17.7 Å². The number of carbonyl (C=O) groups is 2. The number of nitrogens with two attached hydrogens (primary N) is 1. The number of anilines is 1. The summed E-state index contributed by atoms with van der Waals surface area (Å²) in [5.41, 5.74) is 5.34. The molecule has 0 aliphatic carbocycles. The molecule has 1 atom stereocenters. The zero-order valence-electron chi connectivity index (χ0n) is 11.4. The van der Waals surface area contributed by atoms with Crippen LogP contribution in [0.3, 0.4) is 0 Å². The number of rotatable bonds is 2. The van der Waals surface area contributed by atoms with Crippen molar-refractivity contribution in [3.8, 4) is 0 Å². The summed E-state index contributed by atoms with van der Waals surface area (Å²) in [7, 11) is 1.25. The first kappa shape index (κ1) is 15.0. The highest BCUT2D eigenvalue weighted by molar-refractivity contribution is 5.99. The maximum Gasteiger partial charge on any atom is 0.407 e. The second-order valence-electron chi connectivity index (χ2n) is 4.73. The zero-order chi connectivity index (χ0) is 15.6. The molecule has 1 aliphatic rings. The normalized spacial score (nSPS) is 17.7. The van der Waals surface area contributed by atoms with Crippen molar-refractivity contribution in [1.29, 1.82) is 0 Å². The Morgan fingerprint density at radius 3 is 2.71 bits per heavy atom. The van der Waals surface area contributed by atoms with Gasteiger partial charge in [0.15, 0.2) is 11.6 Å². The molecule has 1 aromatic rings. The Morgan fingerprint density at radius 1 is 1.38 bits per heavy atom. The van der Waals surface area contributed by atoms with Gasteiger partial charge in [-0.2, -0.15) is 0 Å². The van der Waals surface area contributed by atoms with Crippen LogP contribution in [0.5, 0.6) is 0 Å². The van der Waals surface area contributed by atoms with Gasteiger partial charge in [-0.15, -0.1) is 0 Å². The number of methoxy groups -OCH3 is 1. The smallest absolute Gasteiger partial charge is 0.407 e. The van der Waals surface area contributed by atoms with E-state index < -0.39 is 23.6 Å². The number of amides is 2. The van der Waals surface area contributed by atoms with E-state index in [1.165, 1.54) is 12.0 Å². The van der Waals surface area contributed by atoms with Crippen LogP contribution in [0.25, 0.3) is 0 Å². The molecule has 8 heteroatoms. The van der Waals surface area contributed by atoms with Crippen molar-refractivity contribution < 1.29 is 23.1 Å². The molecule has 1 heterocycles. The summed E-state index contributed by atoms with van der Waals surface area (Å²) in [6, 6.07) is 1.32. The number of likely N-dealkylation sites (tertiary alicyclic amines) is 1. The van der Waals surface area contributed by atoms with E-state index in [2.05, 4.69) is 10.1 Å². The lowest BCUT2D eigenvalue weighted by Crippen LogP contribution is -2.38. The summed E-state index contributed by atoms with van der Waals surface area (Å²) in [4.78, 5) is 24.8. The van der Waals surface area contributed by atoms with Crippen molar-refractivity contribution in [1.82, 2.24) is 10.2 Å². The predicted octanol–water partition coefficient (Wildman–Crippen LogP) is 1.12. The zero-order valence-corrected chi connectivity index (χ0v) is 11.4. The quantitative estimate of drug-likeness (QED) is 0.801. The topological polar surface area (TPSA) is 84.7 Å². The van der Waals surface area contributed by atoms with Crippen molar-refractivity contribution in [2.24, 2.45) is 0 Å². The first-order valence-electron chi connectivity index (χ1n) is 6.30. The molecule has 0 spiro atoms. The highest BCUT2D eigenvalue weighted by Crippen LogP contribution is 2.21. The molecule has 1 saturated heterocycles. The number of alkyl carbamates (subject to hydrolysis) is 1. The second kappa shape index (κ2) is 5.94. The molecule has 21 heavy (non-hydrogen) atoms. The average molecular weight is 299 g/mol. The molecule has 1 fully saturated rings. The van der Waals surface area contributed by atoms with Gasteiger partial charge < -0.3 is 20.7 Å². The predicted molar refractivity (Wildman–Crippen MR) is 70.6 cm³/mol. The molecule has 1 aromatic carbocycles. The number of nitrogens with zero attached hydrogens (tertiary/aromatic N) is 1. The number of benzene rings is 1. The summed E-state index contributed by atoms with van der Waals surface area (Å²) in [6.07, 6.45) is -0.0358. The van der Waals surface area contributed by atoms with Crippen LogP contribution in [-0.2, 0) is 4.74 Å². The number of halogens is 2. The molecule has 0 radical (unpaired) electrons. The summed E-state index contributed by atoms with van der Waals surface area (Å²) in [5.74, 6) is -2.73. The third kappa shape index (κ3) is 3.21. The first-order valence-corrected chi connectivity index (χ1v) is 6.30. The highest BCUT2D eigenvalue weighted by atomic mass is 19.2. The van der Waals surface area contributed by atoms with Crippen molar-refractivity contribution in [2.75, 3.05) is 25.9 Å². The largest absolute Gasteiger partial charge is 0.453 e. The molecule has 6 nitrogen and oxygen atoms in total. The monoisotopic (exact) mass is 299 g/mol. The van der Waals surface area contributed by atoms with E-state index in [0.29, 0.717) is 13.0 Å². The number of ether oxygens (including phenoxy) is 1. The summed E-state index contributed by atoms with van der Waals surface area (Å²) in [6.45, 7) is 0.637. The van der Waals surface area contributed by atoms with Gasteiger partial charge in [-0.25, -0.2) is 13.6 Å². The molecular weight excluding hydrogens is 284 g/mol. The van der Waals surface area contributed by atoms with Crippen LogP contribution in [0, 0.1) is 11.6 Å². The molecule has 1 unspecified atom stereocenters. The average Bonchev–Trinajstić information content (AvgIpc) is 2.90. The van der Waals surface area contributed by atoms with Crippen LogP contribution in [-0.4, -0.2) is 43.1 Å². The molecule has 114 valence electrons. The van der Waals surface area contributed by atoms with E-state index >= 15 is 0 Å². The standard InChI is InChI=1S/C13H15F2N3O3/c1-21-13(20)17-7-2-3-18(6-7)12(19)8-4-9(14)10(15)5-11(8)16/h4-5,7H,2-3,6,16H2,1H3,(H,17,20). The van der Waals surface area contributed by atoms with Crippen LogP contribution < -0.4 is 11.1 Å². The molecule has 0 saturated carbocycles. The Hall–Kier alpha value is -2.38. The van der Waals surface area contributed by atoms with Crippen LogP contribution in [0.2, 0.25) is 0 Å². The van der Waals surface area contributed by atoms with E-state index in [0.717, 1.165) is 12.1 Å². The molecule has 3 N–H and O–H groups in total. The fourth-order valence-electron chi connectivity index (χ4n) is 2.21. The maximum absolute atomic E-state index is 13.2. The third-order valence-corrected chi connectivity index (χ3v) is 3.31. The highest BCUT2D eigenvalue weighted by Gasteiger charge is 2.29. The molecule has 2 amide bonds. The third-order valence-electron chi connectivity index (χ3n) is 3.31. The summed E-state index contributed by atoms with van der Waals surface area (Å²) in [5, 5.41) is 2.58. The lowest BCUT2D eigenvalue weighted by molar-refractivity contribution is 0.0788. The lowest BCUT2D eigenvalue weighted by Gasteiger charge is -2.18. The van der Waals surface area contributed by atoms with Gasteiger partial charge in [0, 0.05) is 24.8 Å². The Morgan fingerprint density at radius 2 is 2.05 bits per heavy atom. The van der Waals surface area contributed by atoms with Gasteiger partial charge in [0.1, 0.15) is 0 Å². The number of hydrogen-bond acceptors (Lipinski definition) is 4. The summed E-state index contributed by atoms with van der Waals surface area (Å²) >= 11 is 0. The Kier molecular flexibility index (Phi) is 4.25. The lowest BCUT2D eigenvalue weighted by atomic mass is 10.1. The Labute approximate surface area is 119 Å². The molecule has 0 aromatic heterocycles. The van der Waals surface area contributed by atoms with Crippen LogP contribution in [0.4, 0.5) is 19.3 Å². The van der Waals surface area contributed by atoms with Crippen LogP contribution in [0.1, 0.15) is 16.8 Å². The van der Waals surface area contributed by atoms with Crippen LogP contribution >= 0.6 is 0 Å². The number of nitrogen functional groups attached to an aromatic ring is 1. The minimum atomic E-state index is -1.13. The SMILES string of the molecule is COC(=O)NC1CCN(C(=O)c2cc(F)c(F)cc2N)C1. The van der Waals surface area contributed by atoms with Crippen molar-refractivity contribution in [3.63, 3.8) is 0 Å². The molecular formula is C13H15F2N3O3. The van der Waals surface area contributed by atoms with Gasteiger partial charge in [-0.05, 0) is 12.5 Å². The maximum atomic E-state index is 13.2. The van der Waals surface area contributed by atoms with Gasteiger partial charge in [0.05, 0.1) is 18.7 Å². The van der Waals surface area contributed by atoms with Crippen LogP contribution in [0.15, 0.2) is 12.1 Å². The molecule has 1 aliphatic heterocycles. The molecule has 2 rings (SSSR count). The molecule has 0 bridgehead atoms. The van der Waals surface area contributed by atoms with E-state index in [-0.39, 0.29) is 23.8 Å². The fraction of sp³-hybridized carbons (Fsp3) is 0.385. The van der Waals surface area contributed by atoms with Gasteiger partial charge >= 0.3 is 6.09 Å². The van der Waals surface area contributed by atoms with E-state index in [4.69, 9.17) is 5.73 Å². The van der Waals surface area contributed by atoms with E-state index in [1.54, 1.807) is 0 Å². The Bertz CT molecular complexity index is 580. The van der Waals surface area contributed by atoms with E-state index in [9.17, 15) is 18.4 Å². The number of nitrogens with one attached hydrogen (secondary N) is 1. The van der Waals surface area contributed by atoms with Gasteiger partial charge in [-0.1, -0.05) is 0 Å². The second-order valence-corrected chi connectivity index (χ2v) is 4.73. The fourth-order valence-corrected chi connectivity index (χ4v) is 2.21.